The standard InChI is InChI=1S/C4H8O2Si/c1-2-3-6-4(5)7/h2H,1,3H2,7H3. The van der Waals surface area contributed by atoms with E-state index in [1.165, 1.54) is 0 Å². The summed E-state index contributed by atoms with van der Waals surface area (Å²) in [6.45, 7) is 3.72. The van der Waals surface area contributed by atoms with Crippen LogP contribution in [0.2, 0.25) is 0 Å². The zero-order valence-electron chi connectivity index (χ0n) is 4.31. The molecule has 0 saturated carbocycles. The van der Waals surface area contributed by atoms with Crippen molar-refractivity contribution >= 4 is 15.8 Å². The minimum atomic E-state index is -0.125. The maximum Gasteiger partial charge on any atom is 0.260 e. The molecule has 2 nitrogen and oxygen atoms in total. The number of ether oxygens (including phenoxy) is 1. The first-order valence-electron chi connectivity index (χ1n) is 2.01. The Morgan fingerprint density at radius 2 is 2.57 bits per heavy atom. The first-order valence-corrected chi connectivity index (χ1v) is 3.01. The molecule has 0 bridgehead atoms. The van der Waals surface area contributed by atoms with E-state index in [9.17, 15) is 4.79 Å². The lowest BCUT2D eigenvalue weighted by Crippen LogP contribution is -1.99. The summed E-state index contributed by atoms with van der Waals surface area (Å²) >= 11 is 0. The van der Waals surface area contributed by atoms with Crippen LogP contribution in [0.5, 0.6) is 0 Å². The summed E-state index contributed by atoms with van der Waals surface area (Å²) in [5, 5.41) is 0. The van der Waals surface area contributed by atoms with Crippen molar-refractivity contribution < 1.29 is 9.53 Å². The zero-order valence-corrected chi connectivity index (χ0v) is 6.31. The van der Waals surface area contributed by atoms with Gasteiger partial charge in [-0.2, -0.15) is 0 Å². The highest BCUT2D eigenvalue weighted by atomic mass is 28.1. The van der Waals surface area contributed by atoms with Crippen molar-refractivity contribution in [3.63, 3.8) is 0 Å². The van der Waals surface area contributed by atoms with Crippen molar-refractivity contribution in [2.45, 2.75) is 0 Å². The van der Waals surface area contributed by atoms with Gasteiger partial charge in [0.15, 0.2) is 0 Å². The molecule has 40 valence electrons. The van der Waals surface area contributed by atoms with Crippen LogP contribution in [0.1, 0.15) is 0 Å². The molecule has 0 amide bonds. The van der Waals surface area contributed by atoms with E-state index in [-0.39, 0.29) is 5.59 Å². The molecule has 0 aliphatic rings. The Balaban J connectivity index is 2.97. The SMILES string of the molecule is C=CCOC(=O)[SiH3]. The summed E-state index contributed by atoms with van der Waals surface area (Å²) in [7, 11) is 0.474. The molecule has 0 aromatic carbocycles. The van der Waals surface area contributed by atoms with E-state index in [1.807, 2.05) is 0 Å². The van der Waals surface area contributed by atoms with Gasteiger partial charge in [0, 0.05) is 0 Å². The number of carbonyl (C=O) groups is 1. The van der Waals surface area contributed by atoms with Gasteiger partial charge >= 0.3 is 0 Å². The fraction of sp³-hybridized carbons (Fsp3) is 0.250. The zero-order chi connectivity index (χ0) is 5.70. The Hall–Kier alpha value is -0.573. The minimum Gasteiger partial charge on any atom is -0.467 e. The quantitative estimate of drug-likeness (QED) is 0.365. The van der Waals surface area contributed by atoms with Crippen molar-refractivity contribution in [3.05, 3.63) is 12.7 Å². The van der Waals surface area contributed by atoms with E-state index in [0.717, 1.165) is 0 Å². The van der Waals surface area contributed by atoms with Gasteiger partial charge in [0.05, 0.1) is 0 Å². The molecule has 0 N–H and O–H groups in total. The lowest BCUT2D eigenvalue weighted by Gasteiger charge is -1.91. The molecule has 0 aliphatic heterocycles. The number of rotatable bonds is 2. The second-order valence-corrected chi connectivity index (χ2v) is 1.91. The molecule has 7 heavy (non-hydrogen) atoms. The summed E-state index contributed by atoms with van der Waals surface area (Å²) in [5.74, 6) is 0. The molecule has 3 heteroatoms. The first kappa shape index (κ1) is 6.43. The van der Waals surface area contributed by atoms with Gasteiger partial charge in [-0.1, -0.05) is 12.7 Å². The van der Waals surface area contributed by atoms with E-state index in [1.54, 1.807) is 6.08 Å². The lowest BCUT2D eigenvalue weighted by atomic mass is 10.7. The Bertz CT molecular complexity index is 79.8. The van der Waals surface area contributed by atoms with Gasteiger partial charge in [-0.25, -0.2) is 0 Å². The predicted molar refractivity (Wildman–Crippen MR) is 31.5 cm³/mol. The Morgan fingerprint density at radius 1 is 2.00 bits per heavy atom. The van der Waals surface area contributed by atoms with Gasteiger partial charge in [0.1, 0.15) is 16.8 Å². The topological polar surface area (TPSA) is 26.3 Å². The highest BCUT2D eigenvalue weighted by molar-refractivity contribution is 6.55. The number of carbonyl (C=O) groups excluding carboxylic acids is 1. The summed E-state index contributed by atoms with van der Waals surface area (Å²) < 4.78 is 4.50. The lowest BCUT2D eigenvalue weighted by molar-refractivity contribution is 0.186. The molecule has 0 saturated heterocycles. The molecular weight excluding hydrogens is 108 g/mol. The van der Waals surface area contributed by atoms with Crippen LogP contribution in [0.3, 0.4) is 0 Å². The summed E-state index contributed by atoms with van der Waals surface area (Å²) in [6.07, 6.45) is 1.55. The van der Waals surface area contributed by atoms with Crippen molar-refractivity contribution in [1.29, 1.82) is 0 Å². The highest BCUT2D eigenvalue weighted by Gasteiger charge is 1.82. The third-order valence-electron chi connectivity index (χ3n) is 0.404. The van der Waals surface area contributed by atoms with Crippen LogP contribution < -0.4 is 0 Å². The molecule has 0 aromatic rings. The highest BCUT2D eigenvalue weighted by Crippen LogP contribution is 1.72. The summed E-state index contributed by atoms with van der Waals surface area (Å²) in [5.41, 5.74) is -0.125. The van der Waals surface area contributed by atoms with Crippen molar-refractivity contribution in [2.75, 3.05) is 6.61 Å². The third-order valence-corrected chi connectivity index (χ3v) is 0.693. The largest absolute Gasteiger partial charge is 0.467 e. The molecule has 0 spiro atoms. The molecule has 0 rings (SSSR count). The Morgan fingerprint density at radius 3 is 2.71 bits per heavy atom. The Kier molecular flexibility index (Phi) is 3.32. The third kappa shape index (κ3) is 5.43. The van der Waals surface area contributed by atoms with E-state index in [2.05, 4.69) is 11.3 Å². The molecule has 0 heterocycles. The average molecular weight is 116 g/mol. The molecule has 0 radical (unpaired) electrons. The fourth-order valence-electron chi connectivity index (χ4n) is 0.176. The van der Waals surface area contributed by atoms with Gasteiger partial charge in [0.25, 0.3) is 5.59 Å². The van der Waals surface area contributed by atoms with Crippen LogP contribution in [0, 0.1) is 0 Å². The average Bonchev–Trinajstić information content (AvgIpc) is 1.61. The molecule has 0 aliphatic carbocycles. The molecular formula is C4H8O2Si. The smallest absolute Gasteiger partial charge is 0.260 e. The maximum absolute atomic E-state index is 9.99. The van der Waals surface area contributed by atoms with Crippen LogP contribution in [0.4, 0.5) is 4.79 Å². The summed E-state index contributed by atoms with van der Waals surface area (Å²) in [6, 6.07) is 0. The predicted octanol–water partition coefficient (Wildman–Crippen LogP) is -0.326. The van der Waals surface area contributed by atoms with Crippen molar-refractivity contribution in [3.8, 4) is 0 Å². The van der Waals surface area contributed by atoms with Crippen LogP contribution in [0.25, 0.3) is 0 Å². The first-order chi connectivity index (χ1) is 3.27. The molecule has 0 atom stereocenters. The van der Waals surface area contributed by atoms with Crippen molar-refractivity contribution in [1.82, 2.24) is 0 Å². The van der Waals surface area contributed by atoms with Crippen LogP contribution in [-0.4, -0.2) is 22.4 Å². The number of hydrogen-bond donors (Lipinski definition) is 0. The summed E-state index contributed by atoms with van der Waals surface area (Å²) in [4.78, 5) is 9.99. The van der Waals surface area contributed by atoms with E-state index in [0.29, 0.717) is 16.8 Å². The normalized spacial score (nSPS) is 8.00. The van der Waals surface area contributed by atoms with Crippen LogP contribution in [-0.2, 0) is 4.74 Å². The second-order valence-electron chi connectivity index (χ2n) is 1.09. The van der Waals surface area contributed by atoms with Crippen LogP contribution >= 0.6 is 0 Å². The van der Waals surface area contributed by atoms with Gasteiger partial charge in [-0.05, 0) is 0 Å². The van der Waals surface area contributed by atoms with E-state index >= 15 is 0 Å². The van der Waals surface area contributed by atoms with E-state index < -0.39 is 0 Å². The van der Waals surface area contributed by atoms with Gasteiger partial charge in [0.2, 0.25) is 0 Å². The van der Waals surface area contributed by atoms with E-state index in [4.69, 9.17) is 0 Å². The monoisotopic (exact) mass is 116 g/mol. The maximum atomic E-state index is 9.99. The second kappa shape index (κ2) is 3.61. The number of hydrogen-bond acceptors (Lipinski definition) is 2. The van der Waals surface area contributed by atoms with Crippen molar-refractivity contribution in [2.24, 2.45) is 0 Å². The molecule has 0 aromatic heterocycles. The van der Waals surface area contributed by atoms with Gasteiger partial charge in [-0.15, -0.1) is 0 Å². The minimum absolute atomic E-state index is 0.125. The molecule has 0 unspecified atom stereocenters. The van der Waals surface area contributed by atoms with Crippen LogP contribution in [0.15, 0.2) is 12.7 Å². The molecule has 0 fully saturated rings. The van der Waals surface area contributed by atoms with Gasteiger partial charge < -0.3 is 4.74 Å². The fourth-order valence-corrected chi connectivity index (χ4v) is 0.343. The Labute approximate surface area is 45.6 Å². The van der Waals surface area contributed by atoms with Gasteiger partial charge in [-0.3, -0.25) is 4.79 Å².